The number of β-lactam (4-membered cyclic amide) rings is 1. The molecule has 0 radical (unpaired) electrons. The number of hydrogen-bond acceptors (Lipinski definition) is 11. The van der Waals surface area contributed by atoms with Crippen LogP contribution in [0.5, 0.6) is 0 Å². The molecule has 0 aliphatic carbocycles. The van der Waals surface area contributed by atoms with Crippen molar-refractivity contribution in [3.05, 3.63) is 58.7 Å². The quantitative estimate of drug-likeness (QED) is 0.189. The van der Waals surface area contributed by atoms with Gasteiger partial charge in [0, 0.05) is 29.4 Å². The van der Waals surface area contributed by atoms with Crippen molar-refractivity contribution in [2.45, 2.75) is 18.3 Å². The Bertz CT molecular complexity index is 1260. The van der Waals surface area contributed by atoms with Crippen LogP contribution in [0.25, 0.3) is 0 Å². The van der Waals surface area contributed by atoms with Crippen molar-refractivity contribution in [1.29, 1.82) is 0 Å². The highest BCUT2D eigenvalue weighted by Crippen LogP contribution is 2.41. The van der Waals surface area contributed by atoms with Gasteiger partial charge in [0.05, 0.1) is 4.91 Å². The second-order valence-electron chi connectivity index (χ2n) is 7.20. The summed E-state index contributed by atoms with van der Waals surface area (Å²) in [5.74, 6) is -2.17. The summed E-state index contributed by atoms with van der Waals surface area (Å²) >= 11 is 3.66. The normalized spacial score (nSPS) is 20.3. The van der Waals surface area contributed by atoms with E-state index >= 15 is 0 Å². The number of aromatic nitrogens is 3. The third kappa shape index (κ3) is 5.16. The number of thioether (sulfide) groups is 1. The Morgan fingerprint density at radius 2 is 2.14 bits per heavy atom. The highest BCUT2D eigenvalue weighted by Gasteiger charge is 2.54. The van der Waals surface area contributed by atoms with Crippen molar-refractivity contribution in [3.8, 4) is 0 Å². The summed E-state index contributed by atoms with van der Waals surface area (Å²) in [6, 6.07) is 4.73. The van der Waals surface area contributed by atoms with Crippen molar-refractivity contribution >= 4 is 63.9 Å². The van der Waals surface area contributed by atoms with Crippen LogP contribution >= 0.6 is 35.2 Å². The number of nitrogen functional groups attached to an aromatic ring is 1. The average molecular weight is 535 g/mol. The van der Waals surface area contributed by atoms with Crippen LogP contribution in [0, 0.1) is 0 Å². The fourth-order valence-corrected chi connectivity index (χ4v) is 5.98. The molecule has 1 saturated heterocycles. The zero-order valence-corrected chi connectivity index (χ0v) is 20.9. The van der Waals surface area contributed by atoms with E-state index in [9.17, 15) is 19.5 Å². The minimum atomic E-state index is -1.21. The van der Waals surface area contributed by atoms with Crippen molar-refractivity contribution in [3.63, 3.8) is 0 Å². The van der Waals surface area contributed by atoms with Gasteiger partial charge in [0.1, 0.15) is 24.2 Å². The first-order chi connectivity index (χ1) is 16.8. The summed E-state index contributed by atoms with van der Waals surface area (Å²) in [5.41, 5.74) is 5.76. The maximum Gasteiger partial charge on any atom is 0.352 e. The van der Waals surface area contributed by atoms with Crippen molar-refractivity contribution in [2.24, 2.45) is 5.16 Å². The molecule has 2 aliphatic heterocycles. The van der Waals surface area contributed by atoms with Gasteiger partial charge in [0.15, 0.2) is 29.5 Å². The number of allylic oxidation sites excluding steroid dienone is 2. The largest absolute Gasteiger partial charge is 0.477 e. The predicted molar refractivity (Wildman–Crippen MR) is 131 cm³/mol. The Balaban J connectivity index is 1.52. The number of carboxylic acid groups (broad SMARTS) is 1. The summed E-state index contributed by atoms with van der Waals surface area (Å²) in [4.78, 5) is 48.5. The molecule has 1 unspecified atom stereocenters. The van der Waals surface area contributed by atoms with Gasteiger partial charge in [0.25, 0.3) is 11.8 Å². The number of carbonyl (C=O) groups excluding carboxylic acids is 2. The Kier molecular flexibility index (Phi) is 7.37. The number of anilines is 1. The molecule has 2 amide bonds. The van der Waals surface area contributed by atoms with E-state index in [-0.39, 0.29) is 22.4 Å². The number of nitrogens with one attached hydrogen (secondary N) is 1. The SMILES string of the molecule is CON=C(C(=O)NC1C(=O)N2C(C(=O)O)=C(C=C(C)S[n+]3ccccc3)CS[C@@H]12)c1nsc(N)n1. The molecule has 35 heavy (non-hydrogen) atoms. The van der Waals surface area contributed by atoms with Gasteiger partial charge in [-0.15, -0.1) is 15.7 Å². The van der Waals surface area contributed by atoms with Crippen LogP contribution in [0.4, 0.5) is 5.13 Å². The zero-order chi connectivity index (χ0) is 25.1. The Morgan fingerprint density at radius 3 is 2.77 bits per heavy atom. The fraction of sp³-hybridized carbons (Fsp3) is 0.250. The molecule has 15 heteroatoms. The van der Waals surface area contributed by atoms with E-state index < -0.39 is 29.2 Å². The first-order valence-corrected chi connectivity index (χ1v) is 12.6. The minimum Gasteiger partial charge on any atom is -0.477 e. The van der Waals surface area contributed by atoms with E-state index in [4.69, 9.17) is 10.6 Å². The van der Waals surface area contributed by atoms with Crippen LogP contribution in [-0.4, -0.2) is 67.1 Å². The van der Waals surface area contributed by atoms with Gasteiger partial charge in [-0.05, 0) is 18.6 Å². The van der Waals surface area contributed by atoms with Crippen molar-refractivity contribution < 1.29 is 28.3 Å². The molecular formula is C20H20N7O5S3+. The number of hydrogen-bond donors (Lipinski definition) is 3. The van der Waals surface area contributed by atoms with E-state index in [0.29, 0.717) is 11.3 Å². The van der Waals surface area contributed by atoms with Gasteiger partial charge in [0.2, 0.25) is 11.5 Å². The molecule has 1 fully saturated rings. The number of rotatable bonds is 8. The van der Waals surface area contributed by atoms with E-state index in [0.717, 1.165) is 16.4 Å². The Hall–Kier alpha value is -3.43. The maximum absolute atomic E-state index is 12.9. The first-order valence-electron chi connectivity index (χ1n) is 10.1. The van der Waals surface area contributed by atoms with E-state index in [2.05, 4.69) is 19.8 Å². The molecule has 2 aromatic rings. The summed E-state index contributed by atoms with van der Waals surface area (Å²) < 4.78 is 5.83. The lowest BCUT2D eigenvalue weighted by molar-refractivity contribution is -0.493. The lowest BCUT2D eigenvalue weighted by atomic mass is 10.0. The van der Waals surface area contributed by atoms with Gasteiger partial charge in [-0.25, -0.2) is 4.79 Å². The zero-order valence-electron chi connectivity index (χ0n) is 18.4. The molecule has 0 saturated carbocycles. The number of nitrogens with two attached hydrogens (primary N) is 1. The molecule has 12 nitrogen and oxygen atoms in total. The Morgan fingerprint density at radius 1 is 1.40 bits per heavy atom. The highest BCUT2D eigenvalue weighted by atomic mass is 32.2. The second-order valence-corrected chi connectivity index (χ2v) is 10.3. The van der Waals surface area contributed by atoms with Crippen molar-refractivity contribution in [2.75, 3.05) is 18.6 Å². The third-order valence-electron chi connectivity index (χ3n) is 4.85. The topological polar surface area (TPSA) is 164 Å². The number of carbonyl (C=O) groups is 3. The molecule has 0 spiro atoms. The predicted octanol–water partition coefficient (Wildman–Crippen LogP) is 0.597. The van der Waals surface area contributed by atoms with E-state index in [1.54, 1.807) is 6.08 Å². The number of aliphatic carboxylic acids is 1. The number of fused-ring (bicyclic) bond motifs is 1. The lowest BCUT2D eigenvalue weighted by Crippen LogP contribution is -2.71. The van der Waals surface area contributed by atoms with Gasteiger partial charge >= 0.3 is 5.97 Å². The summed E-state index contributed by atoms with van der Waals surface area (Å²) in [5, 5.41) is 15.7. The number of pyridine rings is 1. The molecule has 2 aromatic heterocycles. The van der Waals surface area contributed by atoms with Gasteiger partial charge in [-0.2, -0.15) is 9.36 Å². The second kappa shape index (κ2) is 10.5. The van der Waals surface area contributed by atoms with Crippen LogP contribution in [-0.2, 0) is 19.2 Å². The number of amides is 2. The smallest absolute Gasteiger partial charge is 0.352 e. The monoisotopic (exact) mass is 534 g/mol. The molecule has 2 aliphatic rings. The van der Waals surface area contributed by atoms with Crippen LogP contribution in [0.2, 0.25) is 0 Å². The van der Waals surface area contributed by atoms with Crippen LogP contribution in [0.3, 0.4) is 0 Å². The summed E-state index contributed by atoms with van der Waals surface area (Å²) in [7, 11) is 1.26. The molecule has 182 valence electrons. The van der Waals surface area contributed by atoms with Crippen LogP contribution in [0.15, 0.2) is 58.0 Å². The van der Waals surface area contributed by atoms with Gasteiger partial charge in [-0.1, -0.05) is 11.2 Å². The van der Waals surface area contributed by atoms with E-state index in [1.165, 1.54) is 35.7 Å². The summed E-state index contributed by atoms with van der Waals surface area (Å²) in [6.45, 7) is 1.87. The Labute approximate surface area is 212 Å². The third-order valence-corrected chi connectivity index (χ3v) is 7.56. The average Bonchev–Trinajstić information content (AvgIpc) is 3.26. The molecule has 4 N–H and O–H groups in total. The van der Waals surface area contributed by atoms with Gasteiger partial charge in [-0.3, -0.25) is 14.5 Å². The van der Waals surface area contributed by atoms with E-state index in [1.807, 2.05) is 41.5 Å². The molecule has 2 atom stereocenters. The standard InChI is InChI=1S/C20H19N7O5S3/c1-10(35-26-6-4-3-5-7-26)8-11-9-33-18-13(17(29)27(18)14(11)19(30)31)22-16(28)12(24-32-2)15-23-20(21)34-25-15/h3-8,13,18H,9H2,1-2H3,(H3-,21,22,23,25,28,30,31)/p+1/t13?,18-/m0/s1. The van der Waals surface area contributed by atoms with Crippen molar-refractivity contribution in [1.82, 2.24) is 19.6 Å². The van der Waals surface area contributed by atoms with Crippen LogP contribution in [0.1, 0.15) is 12.7 Å². The number of carboxylic acids is 1. The lowest BCUT2D eigenvalue weighted by Gasteiger charge is -2.49. The minimum absolute atomic E-state index is 0.0328. The maximum atomic E-state index is 12.9. The van der Waals surface area contributed by atoms with Gasteiger partial charge < -0.3 is 21.0 Å². The highest BCUT2D eigenvalue weighted by molar-refractivity contribution is 8.00. The molecule has 0 aromatic carbocycles. The molecule has 0 bridgehead atoms. The summed E-state index contributed by atoms with van der Waals surface area (Å²) in [6.07, 6.45) is 5.52. The molecule has 4 rings (SSSR count). The first kappa shape index (κ1) is 24.7. The number of nitrogens with zero attached hydrogens (tertiary/aromatic N) is 5. The number of oxime groups is 1. The molecule has 4 heterocycles. The fourth-order valence-electron chi connectivity index (χ4n) is 3.45. The van der Waals surface area contributed by atoms with Crippen LogP contribution < -0.4 is 15.0 Å². The molecular weight excluding hydrogens is 514 g/mol.